The number of thioether (sulfide) groups is 1. The number of nitrogen functional groups attached to an aromatic ring is 1. The molecule has 0 radical (unpaired) electrons. The number of sulfone groups is 1. The molecule has 1 atom stereocenters. The van der Waals surface area contributed by atoms with Gasteiger partial charge in [0.2, 0.25) is 0 Å². The lowest BCUT2D eigenvalue weighted by molar-refractivity contribution is 0.602. The fourth-order valence-corrected chi connectivity index (χ4v) is 3.76. The summed E-state index contributed by atoms with van der Waals surface area (Å²) in [6.07, 6.45) is 1.20. The average molecular weight is 286 g/mol. The van der Waals surface area contributed by atoms with Crippen LogP contribution in [0.1, 0.15) is 6.92 Å². The normalized spacial score (nSPS) is 21.0. The highest BCUT2D eigenvalue weighted by molar-refractivity contribution is 8.00. The van der Waals surface area contributed by atoms with Crippen molar-refractivity contribution in [2.45, 2.75) is 17.1 Å². The molecule has 1 aliphatic heterocycles. The van der Waals surface area contributed by atoms with Crippen LogP contribution in [0.5, 0.6) is 0 Å². The number of hydrogen-bond acceptors (Lipinski definition) is 5. The Kier molecular flexibility index (Phi) is 3.77. The van der Waals surface area contributed by atoms with E-state index in [1.807, 2.05) is 17.8 Å². The quantitative estimate of drug-likeness (QED) is 0.837. The molecule has 2 rings (SSSR count). The van der Waals surface area contributed by atoms with E-state index in [2.05, 4.69) is 11.8 Å². The second-order valence-corrected chi connectivity index (χ2v) is 8.18. The van der Waals surface area contributed by atoms with Crippen LogP contribution in [0.3, 0.4) is 0 Å². The summed E-state index contributed by atoms with van der Waals surface area (Å²) >= 11 is 1.95. The Hall–Kier alpha value is -0.880. The van der Waals surface area contributed by atoms with Crippen molar-refractivity contribution in [2.75, 3.05) is 35.7 Å². The van der Waals surface area contributed by atoms with Crippen LogP contribution < -0.4 is 10.6 Å². The summed E-state index contributed by atoms with van der Waals surface area (Å²) < 4.78 is 22.9. The second-order valence-electron chi connectivity index (χ2n) is 4.62. The molecule has 4 nitrogen and oxygen atoms in total. The number of nitrogens with zero attached hydrogens (tertiary/aromatic N) is 1. The molecule has 1 heterocycles. The summed E-state index contributed by atoms with van der Waals surface area (Å²) in [5, 5.41) is 0.577. The summed E-state index contributed by atoms with van der Waals surface area (Å²) in [5.74, 6) is 1.08. The van der Waals surface area contributed by atoms with Gasteiger partial charge in [0.05, 0.1) is 16.3 Å². The summed E-state index contributed by atoms with van der Waals surface area (Å²) in [6, 6.07) is 5.00. The van der Waals surface area contributed by atoms with Crippen molar-refractivity contribution in [3.8, 4) is 0 Å². The monoisotopic (exact) mass is 286 g/mol. The van der Waals surface area contributed by atoms with Crippen LogP contribution in [0.15, 0.2) is 23.1 Å². The summed E-state index contributed by atoms with van der Waals surface area (Å²) in [6.45, 7) is 4.10. The Morgan fingerprint density at radius 1 is 1.44 bits per heavy atom. The van der Waals surface area contributed by atoms with E-state index in [0.717, 1.165) is 24.5 Å². The van der Waals surface area contributed by atoms with Crippen LogP contribution in [-0.4, -0.2) is 38.8 Å². The molecule has 6 heteroatoms. The first-order chi connectivity index (χ1) is 8.38. The van der Waals surface area contributed by atoms with E-state index in [1.54, 1.807) is 12.1 Å². The Balaban J connectivity index is 2.30. The van der Waals surface area contributed by atoms with Gasteiger partial charge in [-0.2, -0.15) is 11.8 Å². The number of benzene rings is 1. The van der Waals surface area contributed by atoms with Gasteiger partial charge < -0.3 is 10.6 Å². The van der Waals surface area contributed by atoms with Gasteiger partial charge in [-0.05, 0) is 18.2 Å². The molecule has 1 aromatic rings. The molecule has 1 fully saturated rings. The third-order valence-corrected chi connectivity index (χ3v) is 5.26. The van der Waals surface area contributed by atoms with Crippen molar-refractivity contribution >= 4 is 33.0 Å². The average Bonchev–Trinajstić information content (AvgIpc) is 2.27. The lowest BCUT2D eigenvalue weighted by Crippen LogP contribution is -2.37. The number of rotatable bonds is 2. The molecule has 0 aliphatic carbocycles. The van der Waals surface area contributed by atoms with Gasteiger partial charge in [0, 0.05) is 30.3 Å². The first kappa shape index (κ1) is 13.5. The highest BCUT2D eigenvalue weighted by Crippen LogP contribution is 2.30. The maximum atomic E-state index is 11.5. The number of hydrogen-bond donors (Lipinski definition) is 1. The lowest BCUT2D eigenvalue weighted by atomic mass is 10.2. The van der Waals surface area contributed by atoms with Gasteiger partial charge in [-0.15, -0.1) is 0 Å². The van der Waals surface area contributed by atoms with Gasteiger partial charge in [0.25, 0.3) is 0 Å². The minimum Gasteiger partial charge on any atom is -0.397 e. The van der Waals surface area contributed by atoms with Gasteiger partial charge in [-0.1, -0.05) is 6.92 Å². The second kappa shape index (κ2) is 5.01. The molecule has 1 aliphatic rings. The summed E-state index contributed by atoms with van der Waals surface area (Å²) in [7, 11) is -3.19. The topological polar surface area (TPSA) is 63.4 Å². The van der Waals surface area contributed by atoms with Crippen LogP contribution >= 0.6 is 11.8 Å². The molecule has 2 N–H and O–H groups in total. The number of anilines is 2. The number of nitrogens with two attached hydrogens (primary N) is 1. The van der Waals surface area contributed by atoms with Gasteiger partial charge in [0.15, 0.2) is 9.84 Å². The molecule has 0 bridgehead atoms. The Morgan fingerprint density at radius 3 is 2.72 bits per heavy atom. The van der Waals surface area contributed by atoms with Gasteiger partial charge in [-0.25, -0.2) is 8.42 Å². The first-order valence-electron chi connectivity index (χ1n) is 5.84. The van der Waals surface area contributed by atoms with Crippen molar-refractivity contribution in [2.24, 2.45) is 0 Å². The standard InChI is InChI=1S/C12H18N2O2S2/c1-9-8-14(5-6-17-9)12-4-3-10(7-11(12)13)18(2,15)16/h3-4,7,9H,5-6,8,13H2,1-2H3. The molecule has 100 valence electrons. The zero-order chi connectivity index (χ0) is 13.3. The van der Waals surface area contributed by atoms with E-state index in [4.69, 9.17) is 5.73 Å². The highest BCUT2D eigenvalue weighted by atomic mass is 32.2. The smallest absolute Gasteiger partial charge is 0.175 e. The van der Waals surface area contributed by atoms with Gasteiger partial charge >= 0.3 is 0 Å². The third-order valence-electron chi connectivity index (χ3n) is 3.01. The molecule has 1 saturated heterocycles. The molecule has 18 heavy (non-hydrogen) atoms. The molecular weight excluding hydrogens is 268 g/mol. The first-order valence-corrected chi connectivity index (χ1v) is 8.78. The predicted octanol–water partition coefficient (Wildman–Crippen LogP) is 1.61. The van der Waals surface area contributed by atoms with Crippen molar-refractivity contribution in [3.63, 3.8) is 0 Å². The maximum Gasteiger partial charge on any atom is 0.175 e. The van der Waals surface area contributed by atoms with Crippen LogP contribution in [0.2, 0.25) is 0 Å². The molecule has 0 saturated carbocycles. The molecule has 0 aromatic heterocycles. The van der Waals surface area contributed by atoms with Crippen molar-refractivity contribution in [1.82, 2.24) is 0 Å². The molecule has 1 unspecified atom stereocenters. The Morgan fingerprint density at radius 2 is 2.17 bits per heavy atom. The minimum absolute atomic E-state index is 0.281. The van der Waals surface area contributed by atoms with Crippen LogP contribution in [0.4, 0.5) is 11.4 Å². The van der Waals surface area contributed by atoms with Crippen LogP contribution in [-0.2, 0) is 9.84 Å². The summed E-state index contributed by atoms with van der Waals surface area (Å²) in [5.41, 5.74) is 7.46. The third kappa shape index (κ3) is 2.92. The lowest BCUT2D eigenvalue weighted by Gasteiger charge is -2.33. The molecular formula is C12H18N2O2S2. The fraction of sp³-hybridized carbons (Fsp3) is 0.500. The zero-order valence-corrected chi connectivity index (χ0v) is 12.2. The van der Waals surface area contributed by atoms with E-state index in [9.17, 15) is 8.42 Å². The largest absolute Gasteiger partial charge is 0.397 e. The highest BCUT2D eigenvalue weighted by Gasteiger charge is 2.19. The minimum atomic E-state index is -3.19. The maximum absolute atomic E-state index is 11.5. The van der Waals surface area contributed by atoms with Crippen molar-refractivity contribution < 1.29 is 8.42 Å². The van der Waals surface area contributed by atoms with Crippen molar-refractivity contribution in [1.29, 1.82) is 0 Å². The van der Waals surface area contributed by atoms with Crippen LogP contribution in [0, 0.1) is 0 Å². The fourth-order valence-electron chi connectivity index (χ4n) is 2.09. The SMILES string of the molecule is CC1CN(c2ccc(S(C)(=O)=O)cc2N)CCS1. The van der Waals surface area contributed by atoms with E-state index in [0.29, 0.717) is 10.9 Å². The zero-order valence-electron chi connectivity index (χ0n) is 10.6. The van der Waals surface area contributed by atoms with E-state index >= 15 is 0 Å². The predicted molar refractivity (Wildman–Crippen MR) is 78.1 cm³/mol. The van der Waals surface area contributed by atoms with E-state index < -0.39 is 9.84 Å². The Bertz CT molecular complexity index is 543. The molecule has 0 spiro atoms. The van der Waals surface area contributed by atoms with E-state index in [-0.39, 0.29) is 4.90 Å². The van der Waals surface area contributed by atoms with Crippen LogP contribution in [0.25, 0.3) is 0 Å². The van der Waals surface area contributed by atoms with Crippen molar-refractivity contribution in [3.05, 3.63) is 18.2 Å². The molecule has 0 amide bonds. The summed E-state index contributed by atoms with van der Waals surface area (Å²) in [4.78, 5) is 2.51. The molecule has 1 aromatic carbocycles. The Labute approximate surface area is 112 Å². The van der Waals surface area contributed by atoms with E-state index in [1.165, 1.54) is 6.26 Å². The van der Waals surface area contributed by atoms with Gasteiger partial charge in [-0.3, -0.25) is 0 Å². The van der Waals surface area contributed by atoms with Gasteiger partial charge in [0.1, 0.15) is 0 Å².